The van der Waals surface area contributed by atoms with Crippen molar-refractivity contribution in [1.29, 1.82) is 0 Å². The van der Waals surface area contributed by atoms with E-state index in [1.807, 2.05) is 17.0 Å². The van der Waals surface area contributed by atoms with Crippen molar-refractivity contribution in [1.82, 2.24) is 10.2 Å². The van der Waals surface area contributed by atoms with Gasteiger partial charge in [0.15, 0.2) is 0 Å². The maximum atomic E-state index is 12.0. The summed E-state index contributed by atoms with van der Waals surface area (Å²) in [5.41, 5.74) is 2.42. The van der Waals surface area contributed by atoms with Crippen LogP contribution in [0, 0.1) is 13.8 Å². The number of benzene rings is 1. The highest BCUT2D eigenvalue weighted by Crippen LogP contribution is 2.20. The number of piperazine rings is 1. The number of aryl methyl sites for hydroxylation is 1. The zero-order chi connectivity index (χ0) is 14.4. The Morgan fingerprint density at radius 1 is 1.30 bits per heavy atom. The molecule has 2 rings (SSSR count). The molecule has 1 heterocycles. The number of amides is 1. The summed E-state index contributed by atoms with van der Waals surface area (Å²) in [4.78, 5) is 13.9. The minimum atomic E-state index is 0.246. The van der Waals surface area contributed by atoms with E-state index in [1.165, 1.54) is 11.1 Å². The molecular weight excluding hydrogens is 252 g/mol. The fourth-order valence-electron chi connectivity index (χ4n) is 2.36. The van der Waals surface area contributed by atoms with Gasteiger partial charge in [0.25, 0.3) is 0 Å². The van der Waals surface area contributed by atoms with Crippen molar-refractivity contribution in [2.24, 2.45) is 0 Å². The second-order valence-corrected chi connectivity index (χ2v) is 5.28. The van der Waals surface area contributed by atoms with Crippen molar-refractivity contribution in [2.75, 3.05) is 32.8 Å². The molecular formula is C16H24N2O2. The average Bonchev–Trinajstić information content (AvgIpc) is 2.48. The first-order valence-electron chi connectivity index (χ1n) is 7.36. The SMILES string of the molecule is Cc1cccc(OCCCC(=O)N2CCNCC2)c1C. The van der Waals surface area contributed by atoms with E-state index >= 15 is 0 Å². The standard InChI is InChI=1S/C16H24N2O2/c1-13-5-3-6-15(14(13)2)20-12-4-7-16(19)18-10-8-17-9-11-18/h3,5-6,17H,4,7-12H2,1-2H3. The van der Waals surface area contributed by atoms with Crippen LogP contribution >= 0.6 is 0 Å². The summed E-state index contributed by atoms with van der Waals surface area (Å²) >= 11 is 0. The molecule has 0 radical (unpaired) electrons. The highest BCUT2D eigenvalue weighted by atomic mass is 16.5. The molecule has 0 saturated carbocycles. The third kappa shape index (κ3) is 3.97. The number of ether oxygens (including phenoxy) is 1. The van der Waals surface area contributed by atoms with Crippen LogP contribution in [0.3, 0.4) is 0 Å². The Labute approximate surface area is 121 Å². The van der Waals surface area contributed by atoms with Crippen LogP contribution in [0.15, 0.2) is 18.2 Å². The third-order valence-electron chi connectivity index (χ3n) is 3.82. The summed E-state index contributed by atoms with van der Waals surface area (Å²) in [5, 5.41) is 3.25. The van der Waals surface area contributed by atoms with Crippen LogP contribution in [0.5, 0.6) is 5.75 Å². The second-order valence-electron chi connectivity index (χ2n) is 5.28. The smallest absolute Gasteiger partial charge is 0.222 e. The molecule has 0 unspecified atom stereocenters. The van der Waals surface area contributed by atoms with E-state index < -0.39 is 0 Å². The van der Waals surface area contributed by atoms with Crippen molar-refractivity contribution in [3.8, 4) is 5.75 Å². The van der Waals surface area contributed by atoms with E-state index in [1.54, 1.807) is 0 Å². The number of rotatable bonds is 5. The Balaban J connectivity index is 1.70. The van der Waals surface area contributed by atoms with E-state index in [4.69, 9.17) is 4.74 Å². The highest BCUT2D eigenvalue weighted by molar-refractivity contribution is 5.76. The van der Waals surface area contributed by atoms with Gasteiger partial charge in [-0.15, -0.1) is 0 Å². The molecule has 0 aromatic heterocycles. The minimum Gasteiger partial charge on any atom is -0.493 e. The van der Waals surface area contributed by atoms with Crippen molar-refractivity contribution < 1.29 is 9.53 Å². The van der Waals surface area contributed by atoms with Gasteiger partial charge in [0.05, 0.1) is 6.61 Å². The van der Waals surface area contributed by atoms with E-state index in [9.17, 15) is 4.79 Å². The maximum absolute atomic E-state index is 12.0. The molecule has 4 heteroatoms. The molecule has 110 valence electrons. The Bertz CT molecular complexity index is 454. The van der Waals surface area contributed by atoms with Crippen LogP contribution in [0.2, 0.25) is 0 Å². The van der Waals surface area contributed by atoms with Crippen LogP contribution in [-0.4, -0.2) is 43.6 Å². The van der Waals surface area contributed by atoms with Gasteiger partial charge >= 0.3 is 0 Å². The molecule has 0 spiro atoms. The minimum absolute atomic E-state index is 0.246. The van der Waals surface area contributed by atoms with Gasteiger partial charge in [0.1, 0.15) is 5.75 Å². The van der Waals surface area contributed by atoms with Gasteiger partial charge in [-0.2, -0.15) is 0 Å². The Morgan fingerprint density at radius 3 is 2.80 bits per heavy atom. The van der Waals surface area contributed by atoms with Crippen LogP contribution < -0.4 is 10.1 Å². The fraction of sp³-hybridized carbons (Fsp3) is 0.562. The predicted octanol–water partition coefficient (Wildman–Crippen LogP) is 1.89. The number of hydrogen-bond acceptors (Lipinski definition) is 3. The molecule has 0 bridgehead atoms. The topological polar surface area (TPSA) is 41.6 Å². The van der Waals surface area contributed by atoms with Gasteiger partial charge < -0.3 is 15.0 Å². The van der Waals surface area contributed by atoms with E-state index in [2.05, 4.69) is 25.2 Å². The van der Waals surface area contributed by atoms with Gasteiger partial charge in [-0.05, 0) is 37.5 Å². The van der Waals surface area contributed by atoms with E-state index in [0.29, 0.717) is 13.0 Å². The van der Waals surface area contributed by atoms with Crippen LogP contribution in [-0.2, 0) is 4.79 Å². The fourth-order valence-corrected chi connectivity index (χ4v) is 2.36. The average molecular weight is 276 g/mol. The first-order chi connectivity index (χ1) is 9.68. The Hall–Kier alpha value is -1.55. The summed E-state index contributed by atoms with van der Waals surface area (Å²) in [6.45, 7) is 8.22. The lowest BCUT2D eigenvalue weighted by Gasteiger charge is -2.27. The van der Waals surface area contributed by atoms with Gasteiger partial charge in [0, 0.05) is 32.6 Å². The van der Waals surface area contributed by atoms with Gasteiger partial charge in [-0.3, -0.25) is 4.79 Å². The quantitative estimate of drug-likeness (QED) is 0.835. The largest absolute Gasteiger partial charge is 0.493 e. The zero-order valence-electron chi connectivity index (χ0n) is 12.4. The Morgan fingerprint density at radius 2 is 2.05 bits per heavy atom. The molecule has 1 N–H and O–H groups in total. The summed E-state index contributed by atoms with van der Waals surface area (Å²) in [6, 6.07) is 6.07. The van der Waals surface area contributed by atoms with Crippen LogP contribution in [0.1, 0.15) is 24.0 Å². The second kappa shape index (κ2) is 7.29. The van der Waals surface area contributed by atoms with Gasteiger partial charge in [0.2, 0.25) is 5.91 Å². The summed E-state index contributed by atoms with van der Waals surface area (Å²) in [5.74, 6) is 1.18. The molecule has 1 aromatic carbocycles. The predicted molar refractivity (Wildman–Crippen MR) is 80.1 cm³/mol. The van der Waals surface area contributed by atoms with Crippen molar-refractivity contribution in [3.63, 3.8) is 0 Å². The van der Waals surface area contributed by atoms with Crippen molar-refractivity contribution in [3.05, 3.63) is 29.3 Å². The monoisotopic (exact) mass is 276 g/mol. The molecule has 1 aromatic rings. The normalized spacial score (nSPS) is 15.2. The first kappa shape index (κ1) is 14.9. The molecule has 20 heavy (non-hydrogen) atoms. The van der Waals surface area contributed by atoms with Gasteiger partial charge in [-0.1, -0.05) is 12.1 Å². The molecule has 1 amide bonds. The lowest BCUT2D eigenvalue weighted by atomic mass is 10.1. The Kier molecular flexibility index (Phi) is 5.41. The highest BCUT2D eigenvalue weighted by Gasteiger charge is 2.15. The maximum Gasteiger partial charge on any atom is 0.222 e. The molecule has 1 saturated heterocycles. The first-order valence-corrected chi connectivity index (χ1v) is 7.36. The number of nitrogens with one attached hydrogen (secondary N) is 1. The van der Waals surface area contributed by atoms with E-state index in [0.717, 1.165) is 38.3 Å². The lowest BCUT2D eigenvalue weighted by Crippen LogP contribution is -2.46. The molecule has 1 aliphatic heterocycles. The number of carbonyl (C=O) groups excluding carboxylic acids is 1. The molecule has 0 aliphatic carbocycles. The molecule has 1 fully saturated rings. The van der Waals surface area contributed by atoms with Crippen LogP contribution in [0.4, 0.5) is 0 Å². The molecule has 1 aliphatic rings. The lowest BCUT2D eigenvalue weighted by molar-refractivity contribution is -0.132. The van der Waals surface area contributed by atoms with Crippen LogP contribution in [0.25, 0.3) is 0 Å². The van der Waals surface area contributed by atoms with E-state index in [-0.39, 0.29) is 5.91 Å². The number of carbonyl (C=O) groups is 1. The summed E-state index contributed by atoms with van der Waals surface area (Å²) in [6.07, 6.45) is 1.35. The number of hydrogen-bond donors (Lipinski definition) is 1. The summed E-state index contributed by atoms with van der Waals surface area (Å²) < 4.78 is 5.77. The number of nitrogens with zero attached hydrogens (tertiary/aromatic N) is 1. The molecule has 4 nitrogen and oxygen atoms in total. The van der Waals surface area contributed by atoms with Crippen molar-refractivity contribution >= 4 is 5.91 Å². The summed E-state index contributed by atoms with van der Waals surface area (Å²) in [7, 11) is 0. The third-order valence-corrected chi connectivity index (χ3v) is 3.82. The zero-order valence-corrected chi connectivity index (χ0v) is 12.4. The molecule has 0 atom stereocenters. The van der Waals surface area contributed by atoms with Crippen molar-refractivity contribution in [2.45, 2.75) is 26.7 Å². The van der Waals surface area contributed by atoms with Gasteiger partial charge in [-0.25, -0.2) is 0 Å².